The lowest BCUT2D eigenvalue weighted by atomic mass is 10.00. The van der Waals surface area contributed by atoms with Crippen LogP contribution in [0.1, 0.15) is 27.2 Å². The van der Waals surface area contributed by atoms with Crippen molar-refractivity contribution in [3.63, 3.8) is 0 Å². The van der Waals surface area contributed by atoms with Gasteiger partial charge in [-0.1, -0.05) is 6.07 Å². The van der Waals surface area contributed by atoms with Crippen LogP contribution in [0.25, 0.3) is 10.9 Å². The number of nitriles is 1. The van der Waals surface area contributed by atoms with Crippen molar-refractivity contribution >= 4 is 16.8 Å². The smallest absolute Gasteiger partial charge is 0.249 e. The van der Waals surface area contributed by atoms with E-state index in [1.165, 1.54) is 0 Å². The zero-order chi connectivity index (χ0) is 15.5. The maximum absolute atomic E-state index is 11.4. The summed E-state index contributed by atoms with van der Waals surface area (Å²) in [6.07, 6.45) is 3.76. The summed E-state index contributed by atoms with van der Waals surface area (Å²) >= 11 is 0. The van der Waals surface area contributed by atoms with E-state index >= 15 is 0 Å². The lowest BCUT2D eigenvalue weighted by Crippen LogP contribution is -2.14. The molecule has 0 bridgehead atoms. The van der Waals surface area contributed by atoms with Gasteiger partial charge in [-0.15, -0.1) is 0 Å². The molecule has 0 aliphatic carbocycles. The second-order valence-corrected chi connectivity index (χ2v) is 4.91. The highest BCUT2D eigenvalue weighted by molar-refractivity contribution is 5.94. The highest BCUT2D eigenvalue weighted by atomic mass is 16.1. The van der Waals surface area contributed by atoms with Crippen molar-refractivity contribution in [3.05, 3.63) is 71.2 Å². The van der Waals surface area contributed by atoms with Gasteiger partial charge < -0.3 is 5.73 Å². The Kier molecular flexibility index (Phi) is 3.50. The van der Waals surface area contributed by atoms with E-state index in [0.29, 0.717) is 17.7 Å². The molecule has 2 heterocycles. The van der Waals surface area contributed by atoms with Crippen LogP contribution in [0.15, 0.2) is 48.8 Å². The largest absolute Gasteiger partial charge is 0.366 e. The van der Waals surface area contributed by atoms with Gasteiger partial charge in [0.2, 0.25) is 5.91 Å². The molecule has 0 unspecified atom stereocenters. The molecule has 0 radical (unpaired) electrons. The number of nitrogens with zero attached hydrogens (tertiary/aromatic N) is 3. The fourth-order valence-corrected chi connectivity index (χ4v) is 2.38. The molecular weight excluding hydrogens is 276 g/mol. The zero-order valence-electron chi connectivity index (χ0n) is 11.7. The first kappa shape index (κ1) is 13.7. The quantitative estimate of drug-likeness (QED) is 0.799. The Morgan fingerprint density at radius 1 is 1.23 bits per heavy atom. The molecule has 5 heteroatoms. The molecule has 0 fully saturated rings. The predicted molar refractivity (Wildman–Crippen MR) is 82.0 cm³/mol. The van der Waals surface area contributed by atoms with E-state index in [0.717, 1.165) is 22.0 Å². The Hall–Kier alpha value is -3.26. The Morgan fingerprint density at radius 3 is 2.86 bits per heavy atom. The molecule has 5 nitrogen and oxygen atoms in total. The molecule has 0 aliphatic rings. The van der Waals surface area contributed by atoms with Crippen molar-refractivity contribution in [1.29, 1.82) is 5.26 Å². The number of pyridine rings is 2. The van der Waals surface area contributed by atoms with Crippen LogP contribution in [0, 0.1) is 11.3 Å². The molecule has 0 aliphatic heterocycles. The molecule has 22 heavy (non-hydrogen) atoms. The molecular formula is C17H12N4O. The number of primary amides is 1. The van der Waals surface area contributed by atoms with Gasteiger partial charge in [-0.3, -0.25) is 9.78 Å². The standard InChI is InChI=1S/C17H12N4O/c18-9-14-3-2-12-7-11(1-4-16(12)21-14)8-13-10-20-6-5-15(13)17(19)22/h1-7,10H,8H2,(H2,19,22). The molecule has 0 atom stereocenters. The van der Waals surface area contributed by atoms with Crippen LogP contribution in [-0.2, 0) is 6.42 Å². The highest BCUT2D eigenvalue weighted by Crippen LogP contribution is 2.18. The summed E-state index contributed by atoms with van der Waals surface area (Å²) in [5.74, 6) is -0.460. The third kappa shape index (κ3) is 2.63. The lowest BCUT2D eigenvalue weighted by Gasteiger charge is -2.07. The summed E-state index contributed by atoms with van der Waals surface area (Å²) in [4.78, 5) is 19.7. The number of aromatic nitrogens is 2. The van der Waals surface area contributed by atoms with Crippen LogP contribution in [0.2, 0.25) is 0 Å². The highest BCUT2D eigenvalue weighted by Gasteiger charge is 2.09. The minimum atomic E-state index is -0.460. The fraction of sp³-hybridized carbons (Fsp3) is 0.0588. The van der Waals surface area contributed by atoms with Gasteiger partial charge in [-0.05, 0) is 47.9 Å². The first-order chi connectivity index (χ1) is 10.7. The average molecular weight is 288 g/mol. The first-order valence-electron chi connectivity index (χ1n) is 6.70. The number of hydrogen-bond donors (Lipinski definition) is 1. The van der Waals surface area contributed by atoms with Gasteiger partial charge in [0.15, 0.2) is 0 Å². The number of hydrogen-bond acceptors (Lipinski definition) is 4. The van der Waals surface area contributed by atoms with E-state index in [1.807, 2.05) is 30.3 Å². The molecule has 2 aromatic heterocycles. The van der Waals surface area contributed by atoms with Crippen LogP contribution in [-0.4, -0.2) is 15.9 Å². The number of amides is 1. The zero-order valence-corrected chi connectivity index (χ0v) is 11.7. The van der Waals surface area contributed by atoms with Gasteiger partial charge >= 0.3 is 0 Å². The molecule has 0 spiro atoms. The molecule has 3 aromatic rings. The normalized spacial score (nSPS) is 10.3. The third-order valence-electron chi connectivity index (χ3n) is 3.43. The van der Waals surface area contributed by atoms with E-state index < -0.39 is 5.91 Å². The molecule has 3 rings (SSSR count). The van der Waals surface area contributed by atoms with Gasteiger partial charge in [0.25, 0.3) is 0 Å². The van der Waals surface area contributed by atoms with Crippen molar-refractivity contribution in [1.82, 2.24) is 9.97 Å². The summed E-state index contributed by atoms with van der Waals surface area (Å²) in [5, 5.41) is 9.81. The summed E-state index contributed by atoms with van der Waals surface area (Å²) < 4.78 is 0. The van der Waals surface area contributed by atoms with Crippen molar-refractivity contribution in [2.75, 3.05) is 0 Å². The van der Waals surface area contributed by atoms with E-state index in [4.69, 9.17) is 11.0 Å². The van der Waals surface area contributed by atoms with E-state index in [9.17, 15) is 4.79 Å². The van der Waals surface area contributed by atoms with E-state index in [1.54, 1.807) is 24.5 Å². The monoisotopic (exact) mass is 288 g/mol. The van der Waals surface area contributed by atoms with Gasteiger partial charge in [0.05, 0.1) is 5.52 Å². The first-order valence-corrected chi connectivity index (χ1v) is 6.70. The second kappa shape index (κ2) is 5.62. The fourth-order valence-electron chi connectivity index (χ4n) is 2.38. The minimum absolute atomic E-state index is 0.392. The van der Waals surface area contributed by atoms with Crippen molar-refractivity contribution in [2.24, 2.45) is 5.73 Å². The molecule has 1 amide bonds. The van der Waals surface area contributed by atoms with Crippen LogP contribution in [0.5, 0.6) is 0 Å². The van der Waals surface area contributed by atoms with Crippen LogP contribution < -0.4 is 5.73 Å². The molecule has 0 saturated heterocycles. The number of rotatable bonds is 3. The Labute approximate surface area is 127 Å². The van der Waals surface area contributed by atoms with Crippen LogP contribution >= 0.6 is 0 Å². The Balaban J connectivity index is 1.98. The summed E-state index contributed by atoms with van der Waals surface area (Å²) in [6.45, 7) is 0. The van der Waals surface area contributed by atoms with E-state index in [2.05, 4.69) is 9.97 Å². The molecule has 0 saturated carbocycles. The molecule has 2 N–H and O–H groups in total. The van der Waals surface area contributed by atoms with Gasteiger partial charge in [0, 0.05) is 23.3 Å². The molecule has 106 valence electrons. The van der Waals surface area contributed by atoms with Crippen molar-refractivity contribution in [2.45, 2.75) is 6.42 Å². The van der Waals surface area contributed by atoms with E-state index in [-0.39, 0.29) is 0 Å². The van der Waals surface area contributed by atoms with Gasteiger partial charge in [-0.2, -0.15) is 5.26 Å². The minimum Gasteiger partial charge on any atom is -0.366 e. The number of benzene rings is 1. The summed E-state index contributed by atoms with van der Waals surface area (Å²) in [7, 11) is 0. The van der Waals surface area contributed by atoms with Gasteiger partial charge in [-0.25, -0.2) is 4.98 Å². The van der Waals surface area contributed by atoms with Crippen molar-refractivity contribution in [3.8, 4) is 6.07 Å². The summed E-state index contributed by atoms with van der Waals surface area (Å²) in [6, 6.07) is 13.0. The lowest BCUT2D eigenvalue weighted by molar-refractivity contribution is 0.0999. The number of carbonyl (C=O) groups is 1. The summed E-state index contributed by atoms with van der Waals surface area (Å²) in [5.41, 5.74) is 8.83. The van der Waals surface area contributed by atoms with Gasteiger partial charge in [0.1, 0.15) is 11.8 Å². The maximum atomic E-state index is 11.4. The predicted octanol–water partition coefficient (Wildman–Crippen LogP) is 2.19. The Morgan fingerprint density at radius 2 is 2.09 bits per heavy atom. The maximum Gasteiger partial charge on any atom is 0.249 e. The average Bonchev–Trinajstić information content (AvgIpc) is 2.54. The molecule has 1 aromatic carbocycles. The topological polar surface area (TPSA) is 92.7 Å². The second-order valence-electron chi connectivity index (χ2n) is 4.91. The van der Waals surface area contributed by atoms with Crippen LogP contribution in [0.4, 0.5) is 0 Å². The van der Waals surface area contributed by atoms with Crippen LogP contribution in [0.3, 0.4) is 0 Å². The SMILES string of the molecule is N#Cc1ccc2cc(Cc3cnccc3C(N)=O)ccc2n1. The third-order valence-corrected chi connectivity index (χ3v) is 3.43. The number of fused-ring (bicyclic) bond motifs is 1. The number of carbonyl (C=O) groups excluding carboxylic acids is 1. The Bertz CT molecular complexity index is 912. The van der Waals surface area contributed by atoms with Crippen molar-refractivity contribution < 1.29 is 4.79 Å². The number of nitrogens with two attached hydrogens (primary N) is 1.